The fourth-order valence-electron chi connectivity index (χ4n) is 2.01. The Kier molecular flexibility index (Phi) is 6.62. The van der Waals surface area contributed by atoms with Gasteiger partial charge in [-0.1, -0.05) is 13.8 Å². The molecule has 0 aliphatic rings. The van der Waals surface area contributed by atoms with E-state index in [2.05, 4.69) is 0 Å². The molecule has 7 heteroatoms. The highest BCUT2D eigenvalue weighted by Crippen LogP contribution is 2.27. The van der Waals surface area contributed by atoms with Crippen molar-refractivity contribution in [1.82, 2.24) is 4.31 Å². The molecule has 1 heterocycles. The summed E-state index contributed by atoms with van der Waals surface area (Å²) in [5.41, 5.74) is 0. The molecule has 0 radical (unpaired) electrons. The zero-order valence-electron chi connectivity index (χ0n) is 12.0. The lowest BCUT2D eigenvalue weighted by atomic mass is 10.2. The van der Waals surface area contributed by atoms with Gasteiger partial charge < -0.3 is 4.74 Å². The Labute approximate surface area is 124 Å². The van der Waals surface area contributed by atoms with Crippen molar-refractivity contribution in [1.29, 1.82) is 5.26 Å². The first-order valence-corrected chi connectivity index (χ1v) is 8.77. The van der Waals surface area contributed by atoms with E-state index >= 15 is 0 Å². The zero-order valence-corrected chi connectivity index (χ0v) is 13.6. The minimum absolute atomic E-state index is 0.0530. The van der Waals surface area contributed by atoms with Gasteiger partial charge in [-0.05, 0) is 25.0 Å². The predicted molar refractivity (Wildman–Crippen MR) is 79.2 cm³/mol. The molecular formula is C13H20N2O3S2. The second kappa shape index (κ2) is 7.74. The van der Waals surface area contributed by atoms with E-state index in [4.69, 9.17) is 10.00 Å². The second-order valence-electron chi connectivity index (χ2n) is 4.31. The zero-order chi connectivity index (χ0) is 15.2. The summed E-state index contributed by atoms with van der Waals surface area (Å²) in [5.74, 6) is 0. The van der Waals surface area contributed by atoms with Crippen LogP contribution < -0.4 is 0 Å². The van der Waals surface area contributed by atoms with Crippen molar-refractivity contribution in [2.45, 2.75) is 36.9 Å². The van der Waals surface area contributed by atoms with E-state index in [1.165, 1.54) is 10.4 Å². The fourth-order valence-corrected chi connectivity index (χ4v) is 5.00. The van der Waals surface area contributed by atoms with Crippen molar-refractivity contribution in [3.63, 3.8) is 0 Å². The molecule has 5 nitrogen and oxygen atoms in total. The number of sulfonamides is 1. The molecule has 0 aliphatic heterocycles. The Morgan fingerprint density at radius 1 is 1.40 bits per heavy atom. The molecule has 0 aromatic carbocycles. The number of methoxy groups -OCH3 is 1. The summed E-state index contributed by atoms with van der Waals surface area (Å²) in [7, 11) is -2.01. The van der Waals surface area contributed by atoms with Gasteiger partial charge in [-0.15, -0.1) is 11.3 Å². The molecule has 0 aliphatic carbocycles. The third-order valence-corrected chi connectivity index (χ3v) is 6.53. The summed E-state index contributed by atoms with van der Waals surface area (Å²) in [6.07, 6.45) is 1.49. The van der Waals surface area contributed by atoms with Gasteiger partial charge in [0.15, 0.2) is 0 Å². The monoisotopic (exact) mass is 316 g/mol. The van der Waals surface area contributed by atoms with Crippen LogP contribution in [-0.4, -0.2) is 39.0 Å². The number of nitriles is 1. The molecular weight excluding hydrogens is 296 g/mol. The minimum Gasteiger partial charge on any atom is -0.383 e. The van der Waals surface area contributed by atoms with Gasteiger partial charge in [0, 0.05) is 19.7 Å². The highest BCUT2D eigenvalue weighted by Gasteiger charge is 2.30. The van der Waals surface area contributed by atoms with Crippen LogP contribution in [0.15, 0.2) is 16.3 Å². The van der Waals surface area contributed by atoms with E-state index < -0.39 is 10.0 Å². The van der Waals surface area contributed by atoms with Gasteiger partial charge in [0.1, 0.15) is 15.2 Å². The minimum atomic E-state index is -3.57. The number of nitrogens with zero attached hydrogens (tertiary/aromatic N) is 2. The van der Waals surface area contributed by atoms with Crippen LogP contribution in [0.1, 0.15) is 31.6 Å². The molecule has 0 saturated heterocycles. The molecule has 0 saturated carbocycles. The lowest BCUT2D eigenvalue weighted by Crippen LogP contribution is -2.41. The van der Waals surface area contributed by atoms with Crippen LogP contribution in [-0.2, 0) is 14.8 Å². The van der Waals surface area contributed by atoms with Crippen molar-refractivity contribution < 1.29 is 13.2 Å². The molecule has 112 valence electrons. The maximum absolute atomic E-state index is 12.7. The Bertz CT molecular complexity index is 556. The SMILES string of the molecule is CCC(CC)N(CCOC)S(=O)(=O)c1ccc(C#N)s1. The number of rotatable bonds is 8. The summed E-state index contributed by atoms with van der Waals surface area (Å²) in [4.78, 5) is 0.403. The van der Waals surface area contributed by atoms with Crippen molar-refractivity contribution in [3.8, 4) is 6.07 Å². The van der Waals surface area contributed by atoms with Crippen molar-refractivity contribution in [2.75, 3.05) is 20.3 Å². The second-order valence-corrected chi connectivity index (χ2v) is 7.51. The predicted octanol–water partition coefficient (Wildman–Crippen LogP) is 2.45. The Balaban J connectivity index is 3.12. The average Bonchev–Trinajstić information content (AvgIpc) is 2.93. The average molecular weight is 316 g/mol. The van der Waals surface area contributed by atoms with Gasteiger partial charge in [-0.3, -0.25) is 0 Å². The van der Waals surface area contributed by atoms with Gasteiger partial charge in [0.05, 0.1) is 6.61 Å². The first kappa shape index (κ1) is 17.1. The third-order valence-electron chi connectivity index (χ3n) is 3.12. The van der Waals surface area contributed by atoms with Gasteiger partial charge >= 0.3 is 0 Å². The molecule has 0 fully saturated rings. The van der Waals surface area contributed by atoms with Crippen LogP contribution in [0.4, 0.5) is 0 Å². The van der Waals surface area contributed by atoms with Gasteiger partial charge in [0.25, 0.3) is 10.0 Å². The molecule has 0 spiro atoms. The van der Waals surface area contributed by atoms with Crippen LogP contribution >= 0.6 is 11.3 Å². The number of thiophene rings is 1. The molecule has 1 rings (SSSR count). The van der Waals surface area contributed by atoms with Crippen LogP contribution in [0.5, 0.6) is 0 Å². The van der Waals surface area contributed by atoms with Crippen molar-refractivity contribution in [2.24, 2.45) is 0 Å². The van der Waals surface area contributed by atoms with Gasteiger partial charge in [-0.25, -0.2) is 8.42 Å². The maximum Gasteiger partial charge on any atom is 0.252 e. The molecule has 0 N–H and O–H groups in total. The number of hydrogen-bond acceptors (Lipinski definition) is 5. The Morgan fingerprint density at radius 2 is 2.05 bits per heavy atom. The van der Waals surface area contributed by atoms with Crippen LogP contribution in [0.25, 0.3) is 0 Å². The van der Waals surface area contributed by atoms with Crippen LogP contribution in [0.3, 0.4) is 0 Å². The number of ether oxygens (including phenoxy) is 1. The smallest absolute Gasteiger partial charge is 0.252 e. The standard InChI is InChI=1S/C13H20N2O3S2/c1-4-11(5-2)15(8-9-18-3)20(16,17)13-7-6-12(10-14)19-13/h6-7,11H,4-5,8-9H2,1-3H3. The van der Waals surface area contributed by atoms with Gasteiger partial charge in [0.2, 0.25) is 0 Å². The largest absolute Gasteiger partial charge is 0.383 e. The molecule has 0 bridgehead atoms. The summed E-state index contributed by atoms with van der Waals surface area (Å²) in [6, 6.07) is 4.96. The first-order chi connectivity index (χ1) is 9.51. The molecule has 0 unspecified atom stereocenters. The van der Waals surface area contributed by atoms with E-state index in [0.29, 0.717) is 18.0 Å². The molecule has 1 aromatic heterocycles. The maximum atomic E-state index is 12.7. The van der Waals surface area contributed by atoms with Crippen LogP contribution in [0, 0.1) is 11.3 Å². The first-order valence-electron chi connectivity index (χ1n) is 6.51. The third kappa shape index (κ3) is 3.79. The van der Waals surface area contributed by atoms with Crippen LogP contribution in [0.2, 0.25) is 0 Å². The number of hydrogen-bond donors (Lipinski definition) is 0. The quantitative estimate of drug-likeness (QED) is 0.738. The molecule has 20 heavy (non-hydrogen) atoms. The summed E-state index contributed by atoms with van der Waals surface area (Å²) < 4.78 is 32.1. The van der Waals surface area contributed by atoms with E-state index in [-0.39, 0.29) is 10.3 Å². The summed E-state index contributed by atoms with van der Waals surface area (Å²) in [5, 5.41) is 8.83. The van der Waals surface area contributed by atoms with E-state index in [0.717, 1.165) is 24.2 Å². The molecule has 0 amide bonds. The van der Waals surface area contributed by atoms with E-state index in [1.807, 2.05) is 19.9 Å². The highest BCUT2D eigenvalue weighted by atomic mass is 32.2. The van der Waals surface area contributed by atoms with E-state index in [1.54, 1.807) is 13.2 Å². The molecule has 1 aromatic rings. The van der Waals surface area contributed by atoms with Crippen molar-refractivity contribution >= 4 is 21.4 Å². The van der Waals surface area contributed by atoms with E-state index in [9.17, 15) is 8.42 Å². The highest BCUT2D eigenvalue weighted by molar-refractivity contribution is 7.91. The lowest BCUT2D eigenvalue weighted by Gasteiger charge is -2.28. The summed E-state index contributed by atoms with van der Waals surface area (Å²) in [6.45, 7) is 4.62. The Morgan fingerprint density at radius 3 is 2.50 bits per heavy atom. The van der Waals surface area contributed by atoms with Gasteiger partial charge in [-0.2, -0.15) is 9.57 Å². The Hall–Kier alpha value is -0.940. The lowest BCUT2D eigenvalue weighted by molar-refractivity contribution is 0.163. The summed E-state index contributed by atoms with van der Waals surface area (Å²) >= 11 is 1.01. The topological polar surface area (TPSA) is 70.4 Å². The normalized spacial score (nSPS) is 12.0. The van der Waals surface area contributed by atoms with Crippen molar-refractivity contribution in [3.05, 3.63) is 17.0 Å². The molecule has 0 atom stereocenters. The fraction of sp³-hybridized carbons (Fsp3) is 0.615.